The fraction of sp³-hybridized carbons (Fsp3) is 0.600. The van der Waals surface area contributed by atoms with E-state index < -0.39 is 6.04 Å². The molecule has 1 atom stereocenters. The molecule has 26 heavy (non-hydrogen) atoms. The maximum absolute atomic E-state index is 12.5. The number of hydrogen-bond acceptors (Lipinski definition) is 4. The van der Waals surface area contributed by atoms with Gasteiger partial charge in [-0.15, -0.1) is 12.4 Å². The number of nitrogens with zero attached hydrogens (tertiary/aromatic N) is 1. The zero-order valence-corrected chi connectivity index (χ0v) is 16.6. The van der Waals surface area contributed by atoms with Gasteiger partial charge in [-0.3, -0.25) is 9.69 Å². The van der Waals surface area contributed by atoms with Crippen LogP contribution < -0.4 is 5.32 Å². The van der Waals surface area contributed by atoms with Crippen LogP contribution >= 0.6 is 12.4 Å². The Hall–Kier alpha value is -1.59. The molecular weight excluding hydrogens is 352 g/mol. The first-order valence-electron chi connectivity index (χ1n) is 9.29. The molecular formula is C20H31ClN2O3. The number of esters is 1. The van der Waals surface area contributed by atoms with E-state index in [1.807, 2.05) is 30.3 Å². The summed E-state index contributed by atoms with van der Waals surface area (Å²) in [5, 5.41) is 2.86. The lowest BCUT2D eigenvalue weighted by molar-refractivity contribution is -0.148. The molecule has 1 aliphatic heterocycles. The largest absolute Gasteiger partial charge is 0.464 e. The Morgan fingerprint density at radius 2 is 1.77 bits per heavy atom. The van der Waals surface area contributed by atoms with E-state index in [1.54, 1.807) is 0 Å². The fourth-order valence-corrected chi connectivity index (χ4v) is 2.93. The second-order valence-corrected chi connectivity index (χ2v) is 7.10. The Morgan fingerprint density at radius 3 is 2.38 bits per heavy atom. The number of halogens is 1. The van der Waals surface area contributed by atoms with Gasteiger partial charge in [0.1, 0.15) is 0 Å². The summed E-state index contributed by atoms with van der Waals surface area (Å²) in [5.74, 6) is -0.0490. The molecule has 1 fully saturated rings. The zero-order valence-electron chi connectivity index (χ0n) is 15.8. The van der Waals surface area contributed by atoms with Crippen molar-refractivity contribution < 1.29 is 14.3 Å². The van der Waals surface area contributed by atoms with Crippen molar-refractivity contribution in [2.75, 3.05) is 26.2 Å². The van der Waals surface area contributed by atoms with Gasteiger partial charge in [-0.05, 0) is 43.8 Å². The molecule has 1 aromatic rings. The van der Waals surface area contributed by atoms with Crippen LogP contribution in [-0.4, -0.2) is 43.0 Å². The highest BCUT2D eigenvalue weighted by molar-refractivity contribution is 5.86. The second kappa shape index (κ2) is 11.9. The number of nitrogens with one attached hydrogen (secondary N) is 1. The van der Waals surface area contributed by atoms with E-state index in [0.29, 0.717) is 19.1 Å². The molecule has 0 bridgehead atoms. The molecule has 0 saturated carbocycles. The van der Waals surface area contributed by atoms with Crippen LogP contribution in [0.15, 0.2) is 30.3 Å². The second-order valence-electron chi connectivity index (χ2n) is 7.10. The third kappa shape index (κ3) is 7.75. The van der Waals surface area contributed by atoms with Crippen molar-refractivity contribution in [1.82, 2.24) is 10.2 Å². The number of likely N-dealkylation sites (tertiary alicyclic amines) is 1. The third-order valence-electron chi connectivity index (χ3n) is 4.43. The van der Waals surface area contributed by atoms with Crippen LogP contribution in [0.5, 0.6) is 0 Å². The number of rotatable bonds is 8. The number of benzene rings is 1. The first kappa shape index (κ1) is 22.5. The summed E-state index contributed by atoms with van der Waals surface area (Å²) in [5.41, 5.74) is 0.754. The monoisotopic (exact) mass is 382 g/mol. The fourth-order valence-electron chi connectivity index (χ4n) is 2.93. The Bertz CT molecular complexity index is 545. The summed E-state index contributed by atoms with van der Waals surface area (Å²) in [6, 6.07) is 8.55. The Balaban J connectivity index is 0.00000338. The number of carbonyl (C=O) groups excluding carboxylic acids is 2. The maximum atomic E-state index is 12.5. The smallest absolute Gasteiger partial charge is 0.333 e. The zero-order chi connectivity index (χ0) is 18.1. The van der Waals surface area contributed by atoms with E-state index in [2.05, 4.69) is 24.1 Å². The molecule has 1 saturated heterocycles. The molecule has 1 aromatic carbocycles. The summed E-state index contributed by atoms with van der Waals surface area (Å²) >= 11 is 0. The quantitative estimate of drug-likeness (QED) is 0.700. The predicted molar refractivity (Wildman–Crippen MR) is 105 cm³/mol. The van der Waals surface area contributed by atoms with Gasteiger partial charge in [0.15, 0.2) is 6.04 Å². The molecule has 5 nitrogen and oxygen atoms in total. The van der Waals surface area contributed by atoms with E-state index in [-0.39, 0.29) is 24.3 Å². The van der Waals surface area contributed by atoms with Crippen molar-refractivity contribution in [2.24, 2.45) is 5.92 Å². The lowest BCUT2D eigenvalue weighted by Crippen LogP contribution is -2.43. The molecule has 1 aliphatic rings. The molecule has 146 valence electrons. The number of hydrogen-bond donors (Lipinski definition) is 1. The van der Waals surface area contributed by atoms with Crippen LogP contribution in [0, 0.1) is 5.92 Å². The van der Waals surface area contributed by atoms with E-state index in [1.165, 1.54) is 6.42 Å². The molecule has 1 amide bonds. The van der Waals surface area contributed by atoms with Crippen molar-refractivity contribution in [3.8, 4) is 0 Å². The average Bonchev–Trinajstić information content (AvgIpc) is 2.61. The molecule has 1 heterocycles. The van der Waals surface area contributed by atoms with Crippen LogP contribution in [0.3, 0.4) is 0 Å². The minimum atomic E-state index is -0.745. The summed E-state index contributed by atoms with van der Waals surface area (Å²) in [7, 11) is 0. The van der Waals surface area contributed by atoms with Gasteiger partial charge in [0.05, 0.1) is 13.2 Å². The standard InChI is InChI=1S/C20H30N2O3.ClH/c1-16(2)11-14-25-20(24)19(17-9-5-3-6-10-17)21-18(23)15-22-12-7-4-8-13-22;/h3,5-6,9-10,16,19H,4,7-8,11-15H2,1-2H3,(H,21,23);1H. The van der Waals surface area contributed by atoms with Gasteiger partial charge in [0.2, 0.25) is 5.91 Å². The van der Waals surface area contributed by atoms with E-state index in [0.717, 1.165) is 37.9 Å². The van der Waals surface area contributed by atoms with Crippen LogP contribution in [-0.2, 0) is 14.3 Å². The predicted octanol–water partition coefficient (Wildman–Crippen LogP) is 3.34. The van der Waals surface area contributed by atoms with Gasteiger partial charge < -0.3 is 10.1 Å². The molecule has 0 spiro atoms. The molecule has 0 aromatic heterocycles. The number of ether oxygens (including phenoxy) is 1. The SMILES string of the molecule is CC(C)CCOC(=O)C(NC(=O)CN1CCCCC1)c1ccccc1.Cl. The molecule has 0 aliphatic carbocycles. The van der Waals surface area contributed by atoms with Gasteiger partial charge in [0, 0.05) is 0 Å². The lowest BCUT2D eigenvalue weighted by atomic mass is 10.1. The third-order valence-corrected chi connectivity index (χ3v) is 4.43. The highest BCUT2D eigenvalue weighted by atomic mass is 35.5. The van der Waals surface area contributed by atoms with Crippen LogP contribution in [0.25, 0.3) is 0 Å². The van der Waals surface area contributed by atoms with Crippen molar-refractivity contribution in [1.29, 1.82) is 0 Å². The van der Waals surface area contributed by atoms with Crippen molar-refractivity contribution in [3.63, 3.8) is 0 Å². The molecule has 0 radical (unpaired) electrons. The van der Waals surface area contributed by atoms with E-state index in [4.69, 9.17) is 4.74 Å². The summed E-state index contributed by atoms with van der Waals surface area (Å²) in [4.78, 5) is 27.1. The molecule has 1 unspecified atom stereocenters. The normalized spacial score (nSPS) is 15.8. The van der Waals surface area contributed by atoms with Gasteiger partial charge in [-0.25, -0.2) is 4.79 Å². The van der Waals surface area contributed by atoms with Gasteiger partial charge in [-0.1, -0.05) is 50.6 Å². The summed E-state index contributed by atoms with van der Waals surface area (Å²) < 4.78 is 5.39. The molecule has 2 rings (SSSR count). The van der Waals surface area contributed by atoms with E-state index in [9.17, 15) is 9.59 Å². The maximum Gasteiger partial charge on any atom is 0.333 e. The number of piperidine rings is 1. The van der Waals surface area contributed by atoms with Crippen LogP contribution in [0.1, 0.15) is 51.1 Å². The molecule has 6 heteroatoms. The Kier molecular flexibility index (Phi) is 10.3. The first-order chi connectivity index (χ1) is 12.1. The van der Waals surface area contributed by atoms with Crippen LogP contribution in [0.4, 0.5) is 0 Å². The lowest BCUT2D eigenvalue weighted by Gasteiger charge is -2.26. The van der Waals surface area contributed by atoms with Crippen molar-refractivity contribution >= 4 is 24.3 Å². The summed E-state index contributed by atoms with van der Waals surface area (Å²) in [6.45, 7) is 6.78. The highest BCUT2D eigenvalue weighted by Gasteiger charge is 2.25. The average molecular weight is 383 g/mol. The molecule has 1 N–H and O–H groups in total. The van der Waals surface area contributed by atoms with Crippen molar-refractivity contribution in [3.05, 3.63) is 35.9 Å². The van der Waals surface area contributed by atoms with Gasteiger partial charge in [-0.2, -0.15) is 0 Å². The number of carbonyl (C=O) groups is 2. The topological polar surface area (TPSA) is 58.6 Å². The highest BCUT2D eigenvalue weighted by Crippen LogP contribution is 2.16. The Labute approximate surface area is 162 Å². The minimum absolute atomic E-state index is 0. The number of amides is 1. The van der Waals surface area contributed by atoms with Gasteiger partial charge in [0.25, 0.3) is 0 Å². The summed E-state index contributed by atoms with van der Waals surface area (Å²) in [6.07, 6.45) is 4.31. The van der Waals surface area contributed by atoms with Crippen molar-refractivity contribution in [2.45, 2.75) is 45.6 Å². The Morgan fingerprint density at radius 1 is 1.12 bits per heavy atom. The minimum Gasteiger partial charge on any atom is -0.464 e. The van der Waals surface area contributed by atoms with Crippen LogP contribution in [0.2, 0.25) is 0 Å². The van der Waals surface area contributed by atoms with E-state index >= 15 is 0 Å². The first-order valence-corrected chi connectivity index (χ1v) is 9.29. The van der Waals surface area contributed by atoms with Gasteiger partial charge >= 0.3 is 5.97 Å².